The first kappa shape index (κ1) is 28.6. The van der Waals surface area contributed by atoms with E-state index in [1.54, 1.807) is 0 Å². The molecule has 0 heterocycles. The van der Waals surface area contributed by atoms with Crippen LogP contribution in [0.5, 0.6) is 0 Å². The van der Waals surface area contributed by atoms with Crippen molar-refractivity contribution in [1.82, 2.24) is 0 Å². The number of rotatable bonds is 2. The average Bonchev–Trinajstić information content (AvgIpc) is 1.92. The molecule has 0 aliphatic heterocycles. The van der Waals surface area contributed by atoms with E-state index < -0.39 is 0 Å². The molecule has 0 saturated heterocycles. The van der Waals surface area contributed by atoms with Crippen LogP contribution in [0.25, 0.3) is 0 Å². The van der Waals surface area contributed by atoms with E-state index in [-0.39, 0.29) is 50.2 Å². The fourth-order valence-electron chi connectivity index (χ4n) is 2.19. The van der Waals surface area contributed by atoms with Crippen LogP contribution in [0.15, 0.2) is 0 Å². The summed E-state index contributed by atoms with van der Waals surface area (Å²) in [5, 5.41) is 1.61. The van der Waals surface area contributed by atoms with E-state index in [2.05, 4.69) is 69.0 Å². The molecule has 19 heavy (non-hydrogen) atoms. The second-order valence-electron chi connectivity index (χ2n) is 8.19. The molecule has 1 atom stereocenters. The molecule has 0 spiro atoms. The van der Waals surface area contributed by atoms with Crippen LogP contribution in [0.3, 0.4) is 0 Å². The Bertz CT molecular complexity index is 204. The fraction of sp³-hybridized carbons (Fsp3) is 0.875. The maximum absolute atomic E-state index is 2.53. The zero-order valence-electron chi connectivity index (χ0n) is 15.5. The first-order chi connectivity index (χ1) is 6.76. The van der Waals surface area contributed by atoms with Crippen LogP contribution in [-0.2, 0) is 19.5 Å². The Kier molecular flexibility index (Phi) is 14.3. The smallest absolute Gasteiger partial charge is 0.358 e. The zero-order chi connectivity index (χ0) is 13.4. The van der Waals surface area contributed by atoms with Gasteiger partial charge in [0.2, 0.25) is 0 Å². The molecule has 0 aliphatic carbocycles. The van der Waals surface area contributed by atoms with Gasteiger partial charge in [0, 0.05) is 15.8 Å². The Labute approximate surface area is 140 Å². The predicted molar refractivity (Wildman–Crippen MR) is 99.5 cm³/mol. The molecule has 0 amide bonds. The van der Waals surface area contributed by atoms with Gasteiger partial charge >= 0.3 is 19.5 Å². The van der Waals surface area contributed by atoms with Gasteiger partial charge in [0.05, 0.1) is 22.1 Å². The monoisotopic (exact) mass is 397 g/mol. The van der Waals surface area contributed by atoms with Crippen molar-refractivity contribution < 1.29 is 19.5 Å². The molecule has 0 N–H and O–H groups in total. The minimum atomic E-state index is -0.312. The third-order valence-electron chi connectivity index (χ3n) is 3.53. The first-order valence-electron chi connectivity index (χ1n) is 6.46. The largest absolute Gasteiger partial charge is 2.00 e. The fourth-order valence-corrected chi connectivity index (χ4v) is 12.9. The summed E-state index contributed by atoms with van der Waals surface area (Å²) in [4.78, 5) is 0. The molecule has 1 radical (unpaired) electrons. The van der Waals surface area contributed by atoms with Gasteiger partial charge in [-0.3, -0.25) is 0 Å². The molecule has 0 aromatic carbocycles. The van der Waals surface area contributed by atoms with Crippen molar-refractivity contribution in [2.24, 2.45) is 0 Å². The molecule has 0 bridgehead atoms. The van der Waals surface area contributed by atoms with Crippen LogP contribution in [0.1, 0.15) is 62.3 Å². The van der Waals surface area contributed by atoms with Crippen LogP contribution in [0.4, 0.5) is 0 Å². The van der Waals surface area contributed by atoms with Gasteiger partial charge in [0.1, 0.15) is 0 Å². The molecule has 3 heteroatoms. The van der Waals surface area contributed by atoms with Crippen molar-refractivity contribution in [2.45, 2.75) is 77.8 Å². The Hall–Kier alpha value is 1.48. The number of hydrogen-bond acceptors (Lipinski definition) is 0. The van der Waals surface area contributed by atoms with E-state index in [4.69, 9.17) is 0 Å². The maximum Gasteiger partial charge on any atom is 2.00 e. The Morgan fingerprint density at radius 2 is 0.895 bits per heavy atom. The van der Waals surface area contributed by atoms with Gasteiger partial charge in [-0.2, -0.15) is 0 Å². The SMILES string of the molecule is C[PH+](C[PH+](C(C)(C)C)C(C)(C)C)C(C)(C)C.[CH3-].[CH3-].[Rh+2]. The normalized spacial score (nSPS) is 14.1. The molecule has 0 saturated carbocycles. The molecular weight excluding hydrogens is 357 g/mol. The van der Waals surface area contributed by atoms with Gasteiger partial charge in [0.15, 0.2) is 5.90 Å². The summed E-state index contributed by atoms with van der Waals surface area (Å²) in [6.07, 6.45) is 0. The van der Waals surface area contributed by atoms with E-state index in [1.807, 2.05) is 0 Å². The van der Waals surface area contributed by atoms with Crippen molar-refractivity contribution in [1.29, 1.82) is 0 Å². The van der Waals surface area contributed by atoms with E-state index in [9.17, 15) is 0 Å². The predicted octanol–water partition coefficient (Wildman–Crippen LogP) is 6.30. The summed E-state index contributed by atoms with van der Waals surface area (Å²) < 4.78 is 0. The van der Waals surface area contributed by atoms with Gasteiger partial charge in [-0.15, -0.1) is 0 Å². The summed E-state index contributed by atoms with van der Waals surface area (Å²) in [7, 11) is -0.535. The zero-order valence-corrected chi connectivity index (χ0v) is 19.2. The van der Waals surface area contributed by atoms with Crippen molar-refractivity contribution in [3.8, 4) is 0 Å². The molecule has 1 unspecified atom stereocenters. The summed E-state index contributed by atoms with van der Waals surface area (Å²) in [5.74, 6) is 1.53. The van der Waals surface area contributed by atoms with Gasteiger partial charge in [-0.25, -0.2) is 0 Å². The third-order valence-corrected chi connectivity index (χ3v) is 13.3. The van der Waals surface area contributed by atoms with Gasteiger partial charge in [-0.05, 0) is 62.3 Å². The van der Waals surface area contributed by atoms with E-state index in [0.29, 0.717) is 15.5 Å². The molecule has 0 fully saturated rings. The summed E-state index contributed by atoms with van der Waals surface area (Å²) in [5.41, 5.74) is 0. The topological polar surface area (TPSA) is 0 Å². The molecule has 0 nitrogen and oxygen atoms in total. The Morgan fingerprint density at radius 3 is 1.05 bits per heavy atom. The minimum absolute atomic E-state index is 0. The van der Waals surface area contributed by atoms with Crippen LogP contribution in [-0.4, -0.2) is 28.0 Å². The second kappa shape index (κ2) is 9.49. The standard InChI is InChI=1S/C14H32P2.2CH3.Rh/c1-12(2,3)15(10)11-16(13(4,5)6)14(7,8)9;;;/h11H2,1-10H3;2*1H3;/q;2*-1;+2/p+2. The van der Waals surface area contributed by atoms with E-state index in [1.165, 1.54) is 5.90 Å². The number of hydrogen-bond donors (Lipinski definition) is 0. The molecule has 0 rings (SSSR count). The molecule has 0 aromatic heterocycles. The summed E-state index contributed by atoms with van der Waals surface area (Å²) >= 11 is 0. The van der Waals surface area contributed by atoms with Gasteiger partial charge in [-0.1, -0.05) is 0 Å². The quantitative estimate of drug-likeness (QED) is 0.292. The maximum atomic E-state index is 2.53. The Morgan fingerprint density at radius 1 is 0.632 bits per heavy atom. The van der Waals surface area contributed by atoms with Crippen LogP contribution >= 0.6 is 15.8 Å². The van der Waals surface area contributed by atoms with Crippen molar-refractivity contribution >= 4 is 15.8 Å². The molecule has 0 aliphatic rings. The minimum Gasteiger partial charge on any atom is -0.358 e. The van der Waals surface area contributed by atoms with Gasteiger partial charge < -0.3 is 14.9 Å². The van der Waals surface area contributed by atoms with Crippen LogP contribution in [0, 0.1) is 14.9 Å². The van der Waals surface area contributed by atoms with Crippen molar-refractivity contribution in [3.05, 3.63) is 14.9 Å². The first-order valence-corrected chi connectivity index (χ1v) is 10.4. The van der Waals surface area contributed by atoms with Crippen molar-refractivity contribution in [2.75, 3.05) is 12.6 Å². The van der Waals surface area contributed by atoms with E-state index >= 15 is 0 Å². The molecule has 121 valence electrons. The molecule has 0 aromatic rings. The third kappa shape index (κ3) is 10.8. The second-order valence-corrected chi connectivity index (χ2v) is 16.6. The van der Waals surface area contributed by atoms with Gasteiger partial charge in [0.25, 0.3) is 0 Å². The Balaban J connectivity index is -0.000000375. The summed E-state index contributed by atoms with van der Waals surface area (Å²) in [6.45, 7) is 24.5. The molecular formula is C16H40P2Rh+2. The van der Waals surface area contributed by atoms with Crippen LogP contribution in [0.2, 0.25) is 0 Å². The van der Waals surface area contributed by atoms with Crippen molar-refractivity contribution in [3.63, 3.8) is 0 Å². The average molecular weight is 397 g/mol. The van der Waals surface area contributed by atoms with Crippen LogP contribution < -0.4 is 0 Å². The van der Waals surface area contributed by atoms with E-state index in [0.717, 1.165) is 0 Å². The summed E-state index contributed by atoms with van der Waals surface area (Å²) in [6, 6.07) is 0.